The minimum Gasteiger partial charge on any atom is -0.481 e. The summed E-state index contributed by atoms with van der Waals surface area (Å²) in [5.41, 5.74) is 0.920. The molecule has 0 atom stereocenters. The van der Waals surface area contributed by atoms with Crippen molar-refractivity contribution < 1.29 is 14.6 Å². The van der Waals surface area contributed by atoms with Crippen LogP contribution in [0, 0.1) is 5.41 Å². The van der Waals surface area contributed by atoms with Crippen LogP contribution in [0.3, 0.4) is 0 Å². The van der Waals surface area contributed by atoms with E-state index >= 15 is 0 Å². The molecular formula is C15H17BrO3. The normalized spacial score (nSPS) is 33.3. The topological polar surface area (TPSA) is 46.5 Å². The zero-order valence-corrected chi connectivity index (χ0v) is 12.3. The second-order valence-electron chi connectivity index (χ2n) is 5.86. The standard InChI is InChI=1S/C15H17BrO3/c16-12-3-1-11(2-4-12)15-7-5-14(6-8-15,10-19-15)9-13(17)18/h1-4H,5-10H2,(H,17,18). The minimum absolute atomic E-state index is 0.122. The Morgan fingerprint density at radius 2 is 1.84 bits per heavy atom. The Balaban J connectivity index is 1.81. The van der Waals surface area contributed by atoms with E-state index in [0.29, 0.717) is 6.61 Å². The maximum Gasteiger partial charge on any atom is 0.303 e. The highest BCUT2D eigenvalue weighted by Gasteiger charge is 2.51. The van der Waals surface area contributed by atoms with Crippen LogP contribution in [0.25, 0.3) is 0 Å². The molecule has 3 nitrogen and oxygen atoms in total. The third-order valence-electron chi connectivity index (χ3n) is 4.67. The molecule has 2 bridgehead atoms. The number of ether oxygens (including phenoxy) is 1. The molecule has 0 unspecified atom stereocenters. The van der Waals surface area contributed by atoms with Gasteiger partial charge >= 0.3 is 5.97 Å². The first-order valence-electron chi connectivity index (χ1n) is 6.66. The van der Waals surface area contributed by atoms with Crippen LogP contribution in [-0.4, -0.2) is 17.7 Å². The van der Waals surface area contributed by atoms with Gasteiger partial charge in [0.2, 0.25) is 0 Å². The molecule has 1 aliphatic carbocycles. The molecule has 0 amide bonds. The minimum atomic E-state index is -0.707. The number of carboxylic acid groups (broad SMARTS) is 1. The molecule has 102 valence electrons. The molecular weight excluding hydrogens is 308 g/mol. The van der Waals surface area contributed by atoms with Gasteiger partial charge in [0.25, 0.3) is 0 Å². The smallest absolute Gasteiger partial charge is 0.303 e. The third-order valence-corrected chi connectivity index (χ3v) is 5.20. The van der Waals surface area contributed by atoms with E-state index in [2.05, 4.69) is 28.1 Å². The van der Waals surface area contributed by atoms with E-state index in [9.17, 15) is 4.79 Å². The number of benzene rings is 1. The molecule has 0 radical (unpaired) electrons. The number of halogens is 1. The molecule has 1 aromatic carbocycles. The van der Waals surface area contributed by atoms with Crippen LogP contribution in [0.5, 0.6) is 0 Å². The molecule has 2 heterocycles. The lowest BCUT2D eigenvalue weighted by Gasteiger charge is -2.53. The Kier molecular flexibility index (Phi) is 3.18. The van der Waals surface area contributed by atoms with Crippen LogP contribution < -0.4 is 0 Å². The number of carbonyl (C=O) groups is 1. The first kappa shape index (κ1) is 13.1. The summed E-state index contributed by atoms with van der Waals surface area (Å²) in [7, 11) is 0. The number of hydrogen-bond acceptors (Lipinski definition) is 2. The highest BCUT2D eigenvalue weighted by molar-refractivity contribution is 9.10. The van der Waals surface area contributed by atoms with Gasteiger partial charge in [-0.25, -0.2) is 0 Å². The fraction of sp³-hybridized carbons (Fsp3) is 0.533. The van der Waals surface area contributed by atoms with Crippen LogP contribution in [0.4, 0.5) is 0 Å². The summed E-state index contributed by atoms with van der Waals surface area (Å²) >= 11 is 3.45. The fourth-order valence-electron chi connectivity index (χ4n) is 3.44. The molecule has 2 aliphatic heterocycles. The first-order valence-corrected chi connectivity index (χ1v) is 7.45. The van der Waals surface area contributed by atoms with Crippen molar-refractivity contribution in [1.82, 2.24) is 0 Å². The second-order valence-corrected chi connectivity index (χ2v) is 6.78. The van der Waals surface area contributed by atoms with E-state index in [4.69, 9.17) is 9.84 Å². The second kappa shape index (κ2) is 4.60. The average molecular weight is 325 g/mol. The number of fused-ring (bicyclic) bond motifs is 3. The lowest BCUT2D eigenvalue weighted by Crippen LogP contribution is -2.50. The van der Waals surface area contributed by atoms with E-state index in [1.807, 2.05) is 12.1 Å². The van der Waals surface area contributed by atoms with Crippen LogP contribution in [0.15, 0.2) is 28.7 Å². The Bertz CT molecular complexity index is 470. The number of rotatable bonds is 3. The summed E-state index contributed by atoms with van der Waals surface area (Å²) in [5, 5.41) is 9.03. The maximum absolute atomic E-state index is 11.0. The van der Waals surface area contributed by atoms with Gasteiger partial charge in [-0.15, -0.1) is 0 Å². The lowest BCUT2D eigenvalue weighted by molar-refractivity contribution is -0.195. The predicted octanol–water partition coefficient (Wildman–Crippen LogP) is 3.71. The van der Waals surface area contributed by atoms with E-state index in [1.54, 1.807) is 0 Å². The molecule has 4 heteroatoms. The Hall–Kier alpha value is -0.870. The molecule has 0 aromatic heterocycles. The largest absolute Gasteiger partial charge is 0.481 e. The summed E-state index contributed by atoms with van der Waals surface area (Å²) in [6.45, 7) is 0.579. The molecule has 19 heavy (non-hydrogen) atoms. The first-order chi connectivity index (χ1) is 9.04. The highest BCUT2D eigenvalue weighted by atomic mass is 79.9. The zero-order valence-electron chi connectivity index (χ0n) is 10.7. The SMILES string of the molecule is O=C(O)CC12CCC(c3ccc(Br)cc3)(CC1)OC2. The summed E-state index contributed by atoms with van der Waals surface area (Å²) in [5.74, 6) is -0.707. The number of hydrogen-bond donors (Lipinski definition) is 1. The molecule has 1 saturated carbocycles. The molecule has 1 N–H and O–H groups in total. The van der Waals surface area contributed by atoms with Crippen molar-refractivity contribution in [3.63, 3.8) is 0 Å². The Labute approximate surface area is 121 Å². The third kappa shape index (κ3) is 2.32. The van der Waals surface area contributed by atoms with Crippen molar-refractivity contribution in [3.8, 4) is 0 Å². The van der Waals surface area contributed by atoms with Gasteiger partial charge in [-0.3, -0.25) is 4.79 Å². The van der Waals surface area contributed by atoms with Crippen molar-refractivity contribution in [2.45, 2.75) is 37.7 Å². The van der Waals surface area contributed by atoms with Crippen molar-refractivity contribution in [2.75, 3.05) is 6.61 Å². The molecule has 3 aliphatic rings. The van der Waals surface area contributed by atoms with Crippen molar-refractivity contribution in [3.05, 3.63) is 34.3 Å². The summed E-state index contributed by atoms with van der Waals surface area (Å²) < 4.78 is 7.19. The van der Waals surface area contributed by atoms with Gasteiger partial charge in [0, 0.05) is 9.89 Å². The van der Waals surface area contributed by atoms with E-state index < -0.39 is 5.97 Å². The van der Waals surface area contributed by atoms with Gasteiger partial charge in [0.1, 0.15) is 0 Å². The van der Waals surface area contributed by atoms with Crippen LogP contribution in [-0.2, 0) is 15.1 Å². The Morgan fingerprint density at radius 3 is 2.32 bits per heavy atom. The van der Waals surface area contributed by atoms with Crippen LogP contribution in [0.1, 0.15) is 37.7 Å². The van der Waals surface area contributed by atoms with E-state index in [-0.39, 0.29) is 17.4 Å². The monoisotopic (exact) mass is 324 g/mol. The lowest BCUT2D eigenvalue weighted by atomic mass is 9.63. The van der Waals surface area contributed by atoms with Crippen molar-refractivity contribution >= 4 is 21.9 Å². The van der Waals surface area contributed by atoms with Gasteiger partial charge < -0.3 is 9.84 Å². The molecule has 0 spiro atoms. The highest BCUT2D eigenvalue weighted by Crippen LogP contribution is 2.54. The predicted molar refractivity (Wildman–Crippen MR) is 74.9 cm³/mol. The molecule has 3 fully saturated rings. The maximum atomic E-state index is 11.0. The summed E-state index contributed by atoms with van der Waals surface area (Å²) in [4.78, 5) is 11.0. The molecule has 1 aromatic rings. The van der Waals surface area contributed by atoms with E-state index in [1.165, 1.54) is 5.56 Å². The number of carboxylic acids is 1. The fourth-order valence-corrected chi connectivity index (χ4v) is 3.70. The number of aliphatic carboxylic acids is 1. The van der Waals surface area contributed by atoms with E-state index in [0.717, 1.165) is 30.2 Å². The summed E-state index contributed by atoms with van der Waals surface area (Å²) in [6, 6.07) is 8.31. The molecule has 4 rings (SSSR count). The van der Waals surface area contributed by atoms with Gasteiger partial charge in [0.15, 0.2) is 0 Å². The summed E-state index contributed by atoms with van der Waals surface area (Å²) in [6.07, 6.45) is 4.01. The van der Waals surface area contributed by atoms with Gasteiger partial charge in [-0.2, -0.15) is 0 Å². The quantitative estimate of drug-likeness (QED) is 0.921. The van der Waals surface area contributed by atoms with Crippen molar-refractivity contribution in [1.29, 1.82) is 0 Å². The van der Waals surface area contributed by atoms with Crippen LogP contribution >= 0.6 is 15.9 Å². The van der Waals surface area contributed by atoms with Gasteiger partial charge in [0.05, 0.1) is 18.6 Å². The van der Waals surface area contributed by atoms with Gasteiger partial charge in [-0.05, 0) is 43.4 Å². The zero-order chi connectivity index (χ0) is 13.5. The average Bonchev–Trinajstić information content (AvgIpc) is 2.40. The van der Waals surface area contributed by atoms with Crippen LogP contribution in [0.2, 0.25) is 0 Å². The van der Waals surface area contributed by atoms with Gasteiger partial charge in [-0.1, -0.05) is 28.1 Å². The van der Waals surface area contributed by atoms with Crippen molar-refractivity contribution in [2.24, 2.45) is 5.41 Å². The molecule has 2 saturated heterocycles. The Morgan fingerprint density at radius 1 is 1.21 bits per heavy atom.